The summed E-state index contributed by atoms with van der Waals surface area (Å²) in [4.78, 5) is 24.1. The summed E-state index contributed by atoms with van der Waals surface area (Å²) in [6.45, 7) is 2.78. The second-order valence-electron chi connectivity index (χ2n) is 5.40. The first-order valence-electron chi connectivity index (χ1n) is 8.29. The highest BCUT2D eigenvalue weighted by atomic mass is 79.9. The summed E-state index contributed by atoms with van der Waals surface area (Å²) in [5, 5.41) is 2.51. The van der Waals surface area contributed by atoms with Crippen molar-refractivity contribution < 1.29 is 19.1 Å². The summed E-state index contributed by atoms with van der Waals surface area (Å²) in [7, 11) is 1.57. The van der Waals surface area contributed by atoms with E-state index in [-0.39, 0.29) is 11.0 Å². The number of methoxy groups -OCH3 is 1. The van der Waals surface area contributed by atoms with Crippen molar-refractivity contribution in [3.05, 3.63) is 28.2 Å². The zero-order valence-electron chi connectivity index (χ0n) is 14.9. The fourth-order valence-corrected chi connectivity index (χ4v) is 2.47. The van der Waals surface area contributed by atoms with Gasteiger partial charge in [-0.05, 0) is 36.8 Å². The van der Waals surface area contributed by atoms with Crippen molar-refractivity contribution in [1.29, 1.82) is 0 Å². The van der Waals surface area contributed by atoms with Crippen LogP contribution in [0, 0.1) is 0 Å². The van der Waals surface area contributed by atoms with Crippen LogP contribution in [0.15, 0.2) is 22.7 Å². The molecule has 3 N–H and O–H groups in total. The van der Waals surface area contributed by atoms with Gasteiger partial charge in [-0.3, -0.25) is 25.8 Å². The Hall–Kier alpha value is -1.71. The number of hydrogen-bond acceptors (Lipinski definition) is 5. The average Bonchev–Trinajstić information content (AvgIpc) is 2.61. The maximum Gasteiger partial charge on any atom is 0.261 e. The number of halogens is 1. The predicted octanol–water partition coefficient (Wildman–Crippen LogP) is 2.69. The number of thiocarbonyl (C=S) groups is 1. The Morgan fingerprint density at radius 3 is 2.65 bits per heavy atom. The molecule has 1 rings (SSSR count). The van der Waals surface area contributed by atoms with Gasteiger partial charge in [-0.15, -0.1) is 0 Å². The highest BCUT2D eigenvalue weighted by Crippen LogP contribution is 2.23. The maximum absolute atomic E-state index is 12.4. The summed E-state index contributed by atoms with van der Waals surface area (Å²) in [6, 6.07) is 5.08. The van der Waals surface area contributed by atoms with Crippen molar-refractivity contribution in [2.75, 3.05) is 20.3 Å². The lowest BCUT2D eigenvalue weighted by Crippen LogP contribution is -2.48. The largest absolute Gasteiger partial charge is 0.490 e. The molecule has 26 heavy (non-hydrogen) atoms. The zero-order chi connectivity index (χ0) is 19.4. The van der Waals surface area contributed by atoms with Gasteiger partial charge in [0.05, 0.1) is 12.2 Å². The summed E-state index contributed by atoms with van der Waals surface area (Å²) in [5.74, 6) is -0.216. The minimum Gasteiger partial charge on any atom is -0.490 e. The number of hydrogen-bond donors (Lipinski definition) is 3. The Bertz CT molecular complexity index is 628. The molecule has 0 bridgehead atoms. The molecule has 0 aliphatic rings. The molecule has 1 aromatic carbocycles. The van der Waals surface area contributed by atoms with Crippen LogP contribution in [0.5, 0.6) is 5.75 Å². The quantitative estimate of drug-likeness (QED) is 0.307. The molecule has 144 valence electrons. The first-order chi connectivity index (χ1) is 12.5. The molecule has 9 heteroatoms. The van der Waals surface area contributed by atoms with Gasteiger partial charge in [-0.1, -0.05) is 35.7 Å². The van der Waals surface area contributed by atoms with Crippen LogP contribution < -0.4 is 20.9 Å². The van der Waals surface area contributed by atoms with Crippen LogP contribution in [0.3, 0.4) is 0 Å². The van der Waals surface area contributed by atoms with E-state index in [4.69, 9.17) is 21.7 Å². The van der Waals surface area contributed by atoms with Gasteiger partial charge in [-0.2, -0.15) is 0 Å². The van der Waals surface area contributed by atoms with E-state index in [9.17, 15) is 9.59 Å². The molecule has 0 unspecified atom stereocenters. The van der Waals surface area contributed by atoms with Crippen molar-refractivity contribution in [1.82, 2.24) is 16.2 Å². The predicted molar refractivity (Wildman–Crippen MR) is 107 cm³/mol. The number of nitrogens with one attached hydrogen (secondary N) is 3. The van der Waals surface area contributed by atoms with Gasteiger partial charge >= 0.3 is 0 Å². The SMILES string of the molecule is CCCCCC(=O)NNC(=S)NC(=O)c1cc(Br)ccc1OCCOC. The van der Waals surface area contributed by atoms with E-state index in [2.05, 4.69) is 39.0 Å². The summed E-state index contributed by atoms with van der Waals surface area (Å²) in [5.41, 5.74) is 5.30. The highest BCUT2D eigenvalue weighted by molar-refractivity contribution is 9.10. The van der Waals surface area contributed by atoms with Crippen LogP contribution >= 0.6 is 28.1 Å². The fourth-order valence-electron chi connectivity index (χ4n) is 1.97. The molecular formula is C17H24BrN3O4S. The summed E-state index contributed by atoms with van der Waals surface area (Å²) >= 11 is 8.36. The summed E-state index contributed by atoms with van der Waals surface area (Å²) in [6.07, 6.45) is 3.24. The lowest BCUT2D eigenvalue weighted by atomic mass is 10.2. The molecule has 0 heterocycles. The number of carbonyl (C=O) groups is 2. The Balaban J connectivity index is 2.56. The number of benzene rings is 1. The topological polar surface area (TPSA) is 88.7 Å². The average molecular weight is 446 g/mol. The molecule has 2 amide bonds. The van der Waals surface area contributed by atoms with Crippen LogP contribution in [0.25, 0.3) is 0 Å². The van der Waals surface area contributed by atoms with Crippen molar-refractivity contribution >= 4 is 45.1 Å². The number of rotatable bonds is 9. The third kappa shape index (κ3) is 8.59. The van der Waals surface area contributed by atoms with Crippen LogP contribution in [0.1, 0.15) is 43.0 Å². The molecule has 0 fully saturated rings. The van der Waals surface area contributed by atoms with E-state index in [0.717, 1.165) is 23.7 Å². The Kier molecular flexibility index (Phi) is 10.8. The van der Waals surface area contributed by atoms with Gasteiger partial charge in [0.2, 0.25) is 5.91 Å². The molecule has 1 aromatic rings. The van der Waals surface area contributed by atoms with Crippen LogP contribution in [-0.2, 0) is 9.53 Å². The highest BCUT2D eigenvalue weighted by Gasteiger charge is 2.15. The maximum atomic E-state index is 12.4. The molecule has 7 nitrogen and oxygen atoms in total. The van der Waals surface area contributed by atoms with Crippen LogP contribution in [-0.4, -0.2) is 37.3 Å². The number of ether oxygens (including phenoxy) is 2. The van der Waals surface area contributed by atoms with Gasteiger partial charge in [0.25, 0.3) is 5.91 Å². The Labute approximate surface area is 167 Å². The Morgan fingerprint density at radius 2 is 1.96 bits per heavy atom. The van der Waals surface area contributed by atoms with Gasteiger partial charge in [0.15, 0.2) is 5.11 Å². The fraction of sp³-hybridized carbons (Fsp3) is 0.471. The number of unbranched alkanes of at least 4 members (excludes halogenated alkanes) is 2. The minimum atomic E-state index is -0.448. The smallest absolute Gasteiger partial charge is 0.261 e. The molecule has 0 saturated carbocycles. The number of hydrazine groups is 1. The van der Waals surface area contributed by atoms with Crippen molar-refractivity contribution in [2.24, 2.45) is 0 Å². The van der Waals surface area contributed by atoms with Gasteiger partial charge in [0.1, 0.15) is 12.4 Å². The van der Waals surface area contributed by atoms with E-state index in [0.29, 0.717) is 30.9 Å². The van der Waals surface area contributed by atoms with Gasteiger partial charge in [-0.25, -0.2) is 0 Å². The van der Waals surface area contributed by atoms with E-state index in [1.54, 1.807) is 25.3 Å². The Morgan fingerprint density at radius 1 is 1.19 bits per heavy atom. The normalized spacial score (nSPS) is 10.1. The standard InChI is InChI=1S/C17H24BrN3O4S/c1-3-4-5-6-15(22)20-21-17(26)19-16(23)13-11-12(18)7-8-14(13)25-10-9-24-2/h7-8,11H,3-6,9-10H2,1-2H3,(H,20,22)(H2,19,21,23,26). The van der Waals surface area contributed by atoms with Crippen molar-refractivity contribution in [3.8, 4) is 5.75 Å². The second kappa shape index (κ2) is 12.6. The molecule has 0 aliphatic heterocycles. The van der Waals surface area contributed by atoms with Gasteiger partial charge in [0, 0.05) is 18.0 Å². The molecule has 0 radical (unpaired) electrons. The van der Waals surface area contributed by atoms with E-state index in [1.165, 1.54) is 0 Å². The van der Waals surface area contributed by atoms with Crippen molar-refractivity contribution in [3.63, 3.8) is 0 Å². The molecule has 0 saturated heterocycles. The third-order valence-electron chi connectivity index (χ3n) is 3.28. The van der Waals surface area contributed by atoms with E-state index >= 15 is 0 Å². The van der Waals surface area contributed by atoms with E-state index < -0.39 is 5.91 Å². The molecule has 0 aromatic heterocycles. The second-order valence-corrected chi connectivity index (χ2v) is 6.72. The first-order valence-corrected chi connectivity index (χ1v) is 9.49. The first kappa shape index (κ1) is 22.3. The monoisotopic (exact) mass is 445 g/mol. The molecule has 0 atom stereocenters. The summed E-state index contributed by atoms with van der Waals surface area (Å²) < 4.78 is 11.2. The minimum absolute atomic E-state index is 0.00154. The van der Waals surface area contributed by atoms with Gasteiger partial charge < -0.3 is 9.47 Å². The third-order valence-corrected chi connectivity index (χ3v) is 3.98. The lowest BCUT2D eigenvalue weighted by Gasteiger charge is -2.14. The number of carbonyl (C=O) groups excluding carboxylic acids is 2. The molecule has 0 spiro atoms. The van der Waals surface area contributed by atoms with Crippen LogP contribution in [0.2, 0.25) is 0 Å². The lowest BCUT2D eigenvalue weighted by molar-refractivity contribution is -0.121. The number of amides is 2. The van der Waals surface area contributed by atoms with E-state index in [1.807, 2.05) is 0 Å². The molecule has 0 aliphatic carbocycles. The molecular weight excluding hydrogens is 422 g/mol. The van der Waals surface area contributed by atoms with Crippen molar-refractivity contribution in [2.45, 2.75) is 32.6 Å². The zero-order valence-corrected chi connectivity index (χ0v) is 17.3. The van der Waals surface area contributed by atoms with Crippen LogP contribution in [0.4, 0.5) is 0 Å².